The van der Waals surface area contributed by atoms with E-state index in [1.807, 2.05) is 31.2 Å². The zero-order chi connectivity index (χ0) is 23.4. The van der Waals surface area contributed by atoms with Gasteiger partial charge >= 0.3 is 12.1 Å². The SMILES string of the molecule is CC1CC(C(=O)O)CCN1C(=O)/C=C/CNC(=O)OCC1c2ccccc2-c2ccccc21. The molecule has 1 aliphatic carbocycles. The van der Waals surface area contributed by atoms with Crippen molar-refractivity contribution in [2.24, 2.45) is 5.92 Å². The fraction of sp³-hybridized carbons (Fsp3) is 0.346. The first-order valence-electron chi connectivity index (χ1n) is 11.2. The van der Waals surface area contributed by atoms with Crippen LogP contribution in [0, 0.1) is 5.92 Å². The molecule has 2 atom stereocenters. The first-order valence-corrected chi connectivity index (χ1v) is 11.2. The number of carboxylic acids is 1. The number of piperidine rings is 1. The Morgan fingerprint density at radius 1 is 1.09 bits per heavy atom. The summed E-state index contributed by atoms with van der Waals surface area (Å²) in [6.45, 7) is 2.68. The summed E-state index contributed by atoms with van der Waals surface area (Å²) in [6, 6.07) is 16.2. The van der Waals surface area contributed by atoms with E-state index in [0.717, 1.165) is 11.1 Å². The average Bonchev–Trinajstić information content (AvgIpc) is 3.14. The van der Waals surface area contributed by atoms with Crippen LogP contribution in [0.5, 0.6) is 0 Å². The number of carboxylic acid groups (broad SMARTS) is 1. The van der Waals surface area contributed by atoms with Crippen molar-refractivity contribution in [2.75, 3.05) is 19.7 Å². The van der Waals surface area contributed by atoms with Crippen LogP contribution in [0.15, 0.2) is 60.7 Å². The molecule has 2 N–H and O–H groups in total. The number of nitrogens with zero attached hydrogens (tertiary/aromatic N) is 1. The molecule has 2 unspecified atom stereocenters. The lowest BCUT2D eigenvalue weighted by Crippen LogP contribution is -2.45. The van der Waals surface area contributed by atoms with Gasteiger partial charge in [-0.3, -0.25) is 9.59 Å². The maximum absolute atomic E-state index is 12.4. The molecule has 1 heterocycles. The van der Waals surface area contributed by atoms with E-state index in [0.29, 0.717) is 19.4 Å². The molecule has 2 aliphatic rings. The van der Waals surface area contributed by atoms with Crippen molar-refractivity contribution in [3.8, 4) is 11.1 Å². The summed E-state index contributed by atoms with van der Waals surface area (Å²) >= 11 is 0. The molecule has 0 bridgehead atoms. The lowest BCUT2D eigenvalue weighted by molar-refractivity contribution is -0.146. The second kappa shape index (κ2) is 9.90. The Morgan fingerprint density at radius 3 is 2.33 bits per heavy atom. The highest BCUT2D eigenvalue weighted by molar-refractivity contribution is 5.88. The number of alkyl carbamates (subject to hydrolysis) is 1. The molecule has 1 fully saturated rings. The van der Waals surface area contributed by atoms with Crippen molar-refractivity contribution < 1.29 is 24.2 Å². The lowest BCUT2D eigenvalue weighted by atomic mass is 9.91. The highest BCUT2D eigenvalue weighted by atomic mass is 16.5. The van der Waals surface area contributed by atoms with E-state index in [1.165, 1.54) is 17.2 Å². The number of nitrogens with one attached hydrogen (secondary N) is 1. The van der Waals surface area contributed by atoms with E-state index in [-0.39, 0.29) is 31.0 Å². The second-order valence-corrected chi connectivity index (χ2v) is 8.55. The number of likely N-dealkylation sites (tertiary alicyclic amines) is 1. The van der Waals surface area contributed by atoms with Crippen LogP contribution in [0.25, 0.3) is 11.1 Å². The Balaban J connectivity index is 1.25. The molecule has 2 amide bonds. The molecule has 7 nitrogen and oxygen atoms in total. The van der Waals surface area contributed by atoms with Crippen LogP contribution in [0.3, 0.4) is 0 Å². The number of carbonyl (C=O) groups is 3. The summed E-state index contributed by atoms with van der Waals surface area (Å²) in [5.74, 6) is -1.39. The predicted octanol–water partition coefficient (Wildman–Crippen LogP) is 3.79. The first kappa shape index (κ1) is 22.6. The van der Waals surface area contributed by atoms with Gasteiger partial charge in [-0.05, 0) is 42.0 Å². The lowest BCUT2D eigenvalue weighted by Gasteiger charge is -2.35. The van der Waals surface area contributed by atoms with E-state index in [2.05, 4.69) is 29.6 Å². The summed E-state index contributed by atoms with van der Waals surface area (Å²) < 4.78 is 5.48. The summed E-state index contributed by atoms with van der Waals surface area (Å²) in [5.41, 5.74) is 4.64. The number of hydrogen-bond acceptors (Lipinski definition) is 4. The van der Waals surface area contributed by atoms with Gasteiger partial charge in [-0.15, -0.1) is 0 Å². The van der Waals surface area contributed by atoms with Crippen molar-refractivity contribution in [2.45, 2.75) is 31.7 Å². The molecule has 7 heteroatoms. The van der Waals surface area contributed by atoms with Gasteiger partial charge < -0.3 is 20.1 Å². The van der Waals surface area contributed by atoms with Gasteiger partial charge in [-0.25, -0.2) is 4.79 Å². The van der Waals surface area contributed by atoms with Crippen LogP contribution >= 0.6 is 0 Å². The number of fused-ring (bicyclic) bond motifs is 3. The predicted molar refractivity (Wildman–Crippen MR) is 124 cm³/mol. The molecule has 0 radical (unpaired) electrons. The number of ether oxygens (including phenoxy) is 1. The van der Waals surface area contributed by atoms with Gasteiger partial charge in [0.15, 0.2) is 0 Å². The van der Waals surface area contributed by atoms with Gasteiger partial charge in [0.25, 0.3) is 0 Å². The van der Waals surface area contributed by atoms with E-state index in [4.69, 9.17) is 9.84 Å². The van der Waals surface area contributed by atoms with Crippen LogP contribution < -0.4 is 5.32 Å². The van der Waals surface area contributed by atoms with E-state index in [9.17, 15) is 14.4 Å². The minimum Gasteiger partial charge on any atom is -0.481 e. The maximum Gasteiger partial charge on any atom is 0.407 e. The molecule has 1 saturated heterocycles. The monoisotopic (exact) mass is 448 g/mol. The van der Waals surface area contributed by atoms with Crippen molar-refractivity contribution in [3.63, 3.8) is 0 Å². The Bertz CT molecular complexity index is 1030. The van der Waals surface area contributed by atoms with Crippen LogP contribution in [0.4, 0.5) is 4.79 Å². The fourth-order valence-corrected chi connectivity index (χ4v) is 4.77. The molecule has 4 rings (SSSR count). The minimum atomic E-state index is -0.809. The zero-order valence-corrected chi connectivity index (χ0v) is 18.6. The normalized spacial score (nSPS) is 19.7. The highest BCUT2D eigenvalue weighted by Crippen LogP contribution is 2.44. The summed E-state index contributed by atoms with van der Waals surface area (Å²) in [7, 11) is 0. The number of benzene rings is 2. The van der Waals surface area contributed by atoms with Gasteiger partial charge in [0.1, 0.15) is 6.61 Å². The van der Waals surface area contributed by atoms with Gasteiger partial charge in [0.05, 0.1) is 5.92 Å². The number of aliphatic carboxylic acids is 1. The molecular formula is C26H28N2O5. The average molecular weight is 449 g/mol. The van der Waals surface area contributed by atoms with E-state index >= 15 is 0 Å². The van der Waals surface area contributed by atoms with Crippen molar-refractivity contribution in [1.29, 1.82) is 0 Å². The molecule has 0 aromatic heterocycles. The quantitative estimate of drug-likeness (QED) is 0.656. The fourth-order valence-electron chi connectivity index (χ4n) is 4.77. The molecule has 0 saturated carbocycles. The number of carbonyl (C=O) groups excluding carboxylic acids is 2. The third-order valence-electron chi connectivity index (χ3n) is 6.48. The van der Waals surface area contributed by atoms with E-state index in [1.54, 1.807) is 11.0 Å². The molecule has 2 aromatic rings. The zero-order valence-electron chi connectivity index (χ0n) is 18.6. The summed E-state index contributed by atoms with van der Waals surface area (Å²) in [5, 5.41) is 11.8. The third kappa shape index (κ3) is 4.92. The van der Waals surface area contributed by atoms with E-state index < -0.39 is 18.0 Å². The van der Waals surface area contributed by atoms with Crippen LogP contribution in [-0.2, 0) is 14.3 Å². The number of rotatable bonds is 6. The third-order valence-corrected chi connectivity index (χ3v) is 6.48. The molecule has 33 heavy (non-hydrogen) atoms. The molecule has 0 spiro atoms. The molecule has 1 aliphatic heterocycles. The standard InChI is InChI=1S/C26H28N2O5/c1-17-15-18(25(30)31)12-14-28(17)24(29)11-6-13-27-26(32)33-16-23-21-9-4-2-7-19(21)20-8-3-5-10-22(20)23/h2-11,17-18,23H,12-16H2,1H3,(H,27,32)(H,30,31)/b11-6+. The Morgan fingerprint density at radius 2 is 1.73 bits per heavy atom. The van der Waals surface area contributed by atoms with Crippen molar-refractivity contribution >= 4 is 18.0 Å². The largest absolute Gasteiger partial charge is 0.481 e. The summed E-state index contributed by atoms with van der Waals surface area (Å²) in [6.07, 6.45) is 3.37. The second-order valence-electron chi connectivity index (χ2n) is 8.55. The van der Waals surface area contributed by atoms with Crippen LogP contribution in [0.2, 0.25) is 0 Å². The number of amides is 2. The van der Waals surface area contributed by atoms with Gasteiger partial charge in [0.2, 0.25) is 5.91 Å². The van der Waals surface area contributed by atoms with Crippen LogP contribution in [0.1, 0.15) is 36.8 Å². The van der Waals surface area contributed by atoms with Crippen molar-refractivity contribution in [1.82, 2.24) is 10.2 Å². The topological polar surface area (TPSA) is 95.9 Å². The maximum atomic E-state index is 12.4. The molecule has 172 valence electrons. The Hall–Kier alpha value is -3.61. The van der Waals surface area contributed by atoms with Crippen LogP contribution in [-0.4, -0.2) is 53.7 Å². The summed E-state index contributed by atoms with van der Waals surface area (Å²) in [4.78, 5) is 37.4. The van der Waals surface area contributed by atoms with Crippen molar-refractivity contribution in [3.05, 3.63) is 71.8 Å². The first-order chi connectivity index (χ1) is 16.0. The van der Waals surface area contributed by atoms with Gasteiger partial charge in [-0.2, -0.15) is 0 Å². The Kier molecular flexibility index (Phi) is 6.77. The Labute approximate surface area is 193 Å². The minimum absolute atomic E-state index is 0.00418. The highest BCUT2D eigenvalue weighted by Gasteiger charge is 2.31. The molecule has 2 aromatic carbocycles. The van der Waals surface area contributed by atoms with Gasteiger partial charge in [0, 0.05) is 31.1 Å². The number of hydrogen-bond donors (Lipinski definition) is 2. The molecular weight excluding hydrogens is 420 g/mol. The van der Waals surface area contributed by atoms with Gasteiger partial charge in [-0.1, -0.05) is 54.6 Å². The smallest absolute Gasteiger partial charge is 0.407 e.